The first-order valence-corrected chi connectivity index (χ1v) is 15.1. The summed E-state index contributed by atoms with van der Waals surface area (Å²) < 4.78 is 34.2. The molecule has 3 aromatic carbocycles. The second-order valence-electron chi connectivity index (χ2n) is 10.5. The normalized spacial score (nSPS) is 18.5. The number of rotatable bonds is 9. The van der Waals surface area contributed by atoms with Crippen LogP contribution in [-0.4, -0.2) is 73.4 Å². The number of hydrogen-bond donors (Lipinski definition) is 2. The average Bonchev–Trinajstić information content (AvgIpc) is 3.01. The van der Waals surface area contributed by atoms with Gasteiger partial charge >= 0.3 is 0 Å². The van der Waals surface area contributed by atoms with E-state index < -0.39 is 22.2 Å². The molecule has 1 heterocycles. The van der Waals surface area contributed by atoms with Gasteiger partial charge in [-0.1, -0.05) is 55.5 Å². The lowest BCUT2D eigenvalue weighted by Crippen LogP contribution is -2.48. The Labute approximate surface area is 241 Å². The molecule has 0 unspecified atom stereocenters. The van der Waals surface area contributed by atoms with Crippen molar-refractivity contribution in [3.05, 3.63) is 90.0 Å². The Bertz CT molecular complexity index is 1450. The summed E-state index contributed by atoms with van der Waals surface area (Å²) in [7, 11) is -2.26. The number of ether oxygens (including phenoxy) is 1. The van der Waals surface area contributed by atoms with E-state index in [1.165, 1.54) is 11.4 Å². The predicted octanol–water partition coefficient (Wildman–Crippen LogP) is 3.34. The predicted molar refractivity (Wildman–Crippen MR) is 157 cm³/mol. The molecule has 1 aliphatic heterocycles. The third-order valence-electron chi connectivity index (χ3n) is 7.30. The minimum atomic E-state index is -3.78. The van der Waals surface area contributed by atoms with Crippen LogP contribution in [-0.2, 0) is 32.5 Å². The summed E-state index contributed by atoms with van der Waals surface area (Å²) in [5.74, 6) is -0.207. The van der Waals surface area contributed by atoms with Crippen molar-refractivity contribution in [2.75, 3.05) is 32.1 Å². The molecule has 41 heavy (non-hydrogen) atoms. The second-order valence-corrected chi connectivity index (χ2v) is 12.6. The average molecular weight is 580 g/mol. The first kappa shape index (κ1) is 30.2. The van der Waals surface area contributed by atoms with Crippen molar-refractivity contribution < 1.29 is 27.9 Å². The molecule has 0 saturated heterocycles. The van der Waals surface area contributed by atoms with Crippen LogP contribution in [0.5, 0.6) is 5.75 Å². The summed E-state index contributed by atoms with van der Waals surface area (Å²) in [5.41, 5.74) is 1.97. The van der Waals surface area contributed by atoms with E-state index in [1.54, 1.807) is 60.4 Å². The summed E-state index contributed by atoms with van der Waals surface area (Å²) in [4.78, 5) is 27.9. The molecule has 9 nitrogen and oxygen atoms in total. The maximum absolute atomic E-state index is 13.4. The largest absolute Gasteiger partial charge is 0.488 e. The van der Waals surface area contributed by atoms with Gasteiger partial charge in [0.1, 0.15) is 11.9 Å². The van der Waals surface area contributed by atoms with Gasteiger partial charge in [-0.2, -0.15) is 4.31 Å². The molecular weight excluding hydrogens is 542 g/mol. The Balaban J connectivity index is 1.62. The van der Waals surface area contributed by atoms with Crippen molar-refractivity contribution in [3.8, 4) is 5.75 Å². The van der Waals surface area contributed by atoms with Crippen molar-refractivity contribution in [3.63, 3.8) is 0 Å². The van der Waals surface area contributed by atoms with Crippen LogP contribution in [0.3, 0.4) is 0 Å². The van der Waals surface area contributed by atoms with Gasteiger partial charge in [0.25, 0.3) is 0 Å². The van der Waals surface area contributed by atoms with Crippen LogP contribution in [0.15, 0.2) is 83.8 Å². The summed E-state index contributed by atoms with van der Waals surface area (Å²) >= 11 is 0. The van der Waals surface area contributed by atoms with E-state index >= 15 is 0 Å². The highest BCUT2D eigenvalue weighted by Gasteiger charge is 2.33. The number of nitrogens with one attached hydrogen (secondary N) is 1. The lowest BCUT2D eigenvalue weighted by Gasteiger charge is -2.33. The molecule has 0 spiro atoms. The fraction of sp³-hybridized carbons (Fsp3) is 0.355. The Morgan fingerprint density at radius 2 is 1.76 bits per heavy atom. The molecule has 10 heteroatoms. The topological polar surface area (TPSA) is 116 Å². The number of carbonyl (C=O) groups is 2. The van der Waals surface area contributed by atoms with Crippen molar-refractivity contribution in [2.45, 2.75) is 43.7 Å². The Morgan fingerprint density at radius 3 is 2.41 bits per heavy atom. The van der Waals surface area contributed by atoms with Gasteiger partial charge in [0.05, 0.1) is 36.9 Å². The Morgan fingerprint density at radius 1 is 1.10 bits per heavy atom. The minimum absolute atomic E-state index is 0.000335. The number of amides is 2. The fourth-order valence-electron chi connectivity index (χ4n) is 4.84. The van der Waals surface area contributed by atoms with Gasteiger partial charge in [-0.3, -0.25) is 9.59 Å². The quantitative estimate of drug-likeness (QED) is 0.402. The molecule has 0 saturated carbocycles. The molecule has 2 amide bonds. The van der Waals surface area contributed by atoms with Gasteiger partial charge in [0.15, 0.2) is 0 Å². The zero-order chi connectivity index (χ0) is 29.6. The Kier molecular flexibility index (Phi) is 9.80. The van der Waals surface area contributed by atoms with E-state index in [4.69, 9.17) is 4.74 Å². The van der Waals surface area contributed by atoms with Gasteiger partial charge in [-0.25, -0.2) is 8.42 Å². The van der Waals surface area contributed by atoms with Gasteiger partial charge in [-0.05, 0) is 42.8 Å². The van der Waals surface area contributed by atoms with Crippen LogP contribution in [0, 0.1) is 5.92 Å². The smallest absolute Gasteiger partial charge is 0.242 e. The number of likely N-dealkylation sites (N-methyl/N-ethyl adjacent to an activating group) is 1. The van der Waals surface area contributed by atoms with Gasteiger partial charge in [0, 0.05) is 30.8 Å². The molecule has 4 rings (SSSR count). The third kappa shape index (κ3) is 7.52. The minimum Gasteiger partial charge on any atom is -0.488 e. The molecule has 218 valence electrons. The number of fused-ring (bicyclic) bond motifs is 1. The summed E-state index contributed by atoms with van der Waals surface area (Å²) in [6.07, 6.45) is -0.397. The fourth-order valence-corrected chi connectivity index (χ4v) is 6.04. The standard InChI is InChI=1S/C31H37N3O6S/c1-22-19-34(23(2)21-35)31(37)18-25-17-26(32-30(36)16-24-10-6-4-7-11-24)14-15-28(25)40-29(22)20-33(3)41(38,39)27-12-8-5-9-13-27/h4-15,17,22-23,29,35H,16,18-21H2,1-3H3,(H,32,36)/t22-,23+,29-/m0/s1. The monoisotopic (exact) mass is 579 g/mol. The summed E-state index contributed by atoms with van der Waals surface area (Å²) in [5, 5.41) is 12.8. The first-order valence-electron chi connectivity index (χ1n) is 13.6. The van der Waals surface area contributed by atoms with Crippen LogP contribution in [0.25, 0.3) is 0 Å². The lowest BCUT2D eigenvalue weighted by molar-refractivity contribution is -0.134. The number of hydrogen-bond acceptors (Lipinski definition) is 6. The van der Waals surface area contributed by atoms with E-state index in [2.05, 4.69) is 5.32 Å². The zero-order valence-electron chi connectivity index (χ0n) is 23.6. The van der Waals surface area contributed by atoms with Crippen molar-refractivity contribution in [1.29, 1.82) is 0 Å². The molecule has 0 bridgehead atoms. The first-order chi connectivity index (χ1) is 19.6. The van der Waals surface area contributed by atoms with Crippen molar-refractivity contribution >= 4 is 27.5 Å². The summed E-state index contributed by atoms with van der Waals surface area (Å²) in [6.45, 7) is 3.78. The highest BCUT2D eigenvalue weighted by Crippen LogP contribution is 2.30. The number of benzene rings is 3. The summed E-state index contributed by atoms with van der Waals surface area (Å²) in [6, 6.07) is 22.3. The van der Waals surface area contributed by atoms with E-state index in [1.807, 2.05) is 37.3 Å². The van der Waals surface area contributed by atoms with Crippen LogP contribution in [0.1, 0.15) is 25.0 Å². The molecule has 2 N–H and O–H groups in total. The van der Waals surface area contributed by atoms with Gasteiger partial charge in [0.2, 0.25) is 21.8 Å². The molecule has 3 aromatic rings. The van der Waals surface area contributed by atoms with E-state index in [-0.39, 0.29) is 55.2 Å². The lowest BCUT2D eigenvalue weighted by atomic mass is 10.0. The number of carbonyl (C=O) groups excluding carboxylic acids is 2. The number of nitrogens with zero attached hydrogens (tertiary/aromatic N) is 2. The maximum Gasteiger partial charge on any atom is 0.242 e. The third-order valence-corrected chi connectivity index (χ3v) is 9.13. The molecule has 1 aliphatic rings. The van der Waals surface area contributed by atoms with Crippen molar-refractivity contribution in [2.24, 2.45) is 5.92 Å². The van der Waals surface area contributed by atoms with Crippen LogP contribution < -0.4 is 10.1 Å². The number of anilines is 1. The molecule has 0 aliphatic carbocycles. The molecule has 0 aromatic heterocycles. The van der Waals surface area contributed by atoms with Crippen LogP contribution in [0.2, 0.25) is 0 Å². The van der Waals surface area contributed by atoms with Crippen LogP contribution >= 0.6 is 0 Å². The van der Waals surface area contributed by atoms with Crippen molar-refractivity contribution in [1.82, 2.24) is 9.21 Å². The molecule has 0 fully saturated rings. The molecule has 0 radical (unpaired) electrons. The number of aliphatic hydroxyl groups is 1. The molecular formula is C31H37N3O6S. The van der Waals surface area contributed by atoms with E-state index in [0.717, 1.165) is 5.56 Å². The van der Waals surface area contributed by atoms with Gasteiger partial charge < -0.3 is 20.1 Å². The number of sulfonamides is 1. The SMILES string of the molecule is C[C@H](CO)N1C[C@H](C)[C@H](CN(C)S(=O)(=O)c2ccccc2)Oc2ccc(NC(=O)Cc3ccccc3)cc2CC1=O. The highest BCUT2D eigenvalue weighted by atomic mass is 32.2. The van der Waals surface area contributed by atoms with Crippen LogP contribution in [0.4, 0.5) is 5.69 Å². The van der Waals surface area contributed by atoms with Gasteiger partial charge in [-0.15, -0.1) is 0 Å². The Hall–Kier alpha value is -3.73. The van der Waals surface area contributed by atoms with E-state index in [9.17, 15) is 23.1 Å². The maximum atomic E-state index is 13.4. The second kappa shape index (κ2) is 13.3. The zero-order valence-corrected chi connectivity index (χ0v) is 24.4. The van der Waals surface area contributed by atoms with E-state index in [0.29, 0.717) is 17.0 Å². The molecule has 3 atom stereocenters. The highest BCUT2D eigenvalue weighted by molar-refractivity contribution is 7.89. The number of aliphatic hydroxyl groups excluding tert-OH is 1.